The van der Waals surface area contributed by atoms with E-state index >= 15 is 0 Å². The Labute approximate surface area is 861 Å². The van der Waals surface area contributed by atoms with E-state index in [4.69, 9.17) is 27.9 Å². The van der Waals surface area contributed by atoms with Gasteiger partial charge in [-0.3, -0.25) is 62.3 Å². The minimum Gasteiger partial charge on any atom is -0.378 e. The van der Waals surface area contributed by atoms with Gasteiger partial charge in [0, 0.05) is 130 Å². The third kappa shape index (κ3) is 22.9. The summed E-state index contributed by atoms with van der Waals surface area (Å²) in [5, 5.41) is 26.6. The van der Waals surface area contributed by atoms with Gasteiger partial charge in [-0.2, -0.15) is 10.2 Å². The molecule has 148 heavy (non-hydrogen) atoms. The number of aryl methyl sites for hydroxylation is 3. The highest BCUT2D eigenvalue weighted by Gasteiger charge is 2.31. The van der Waals surface area contributed by atoms with Crippen LogP contribution in [0.15, 0.2) is 275 Å². The molecule has 18 aromatic rings. The largest absolute Gasteiger partial charge is 0.378 e. The highest BCUT2D eigenvalue weighted by Crippen LogP contribution is 2.35. The number of nitrogens with one attached hydrogen (secondary N) is 4. The Morgan fingerprint density at radius 3 is 1.30 bits per heavy atom. The average Bonchev–Trinajstić information content (AvgIpc) is 0.949. The molecule has 0 radical (unpaired) electrons. The summed E-state index contributed by atoms with van der Waals surface area (Å²) < 4.78 is 61.9. The zero-order valence-electron chi connectivity index (χ0n) is 83.5. The normalized spacial score (nSPS) is 12.9. The first kappa shape index (κ1) is 104. The summed E-state index contributed by atoms with van der Waals surface area (Å²) in [6.07, 6.45) is 12.0. The number of amides is 4. The van der Waals surface area contributed by atoms with Crippen molar-refractivity contribution in [1.82, 2.24) is 88.7 Å². The second-order valence-corrected chi connectivity index (χ2v) is 41.6. The van der Waals surface area contributed by atoms with Crippen molar-refractivity contribution in [3.8, 4) is 33.9 Å². The van der Waals surface area contributed by atoms with Gasteiger partial charge in [-0.05, 0) is 185 Å². The van der Waals surface area contributed by atoms with Crippen LogP contribution in [-0.4, -0.2) is 167 Å². The number of nitrogens with zero attached hydrogens (tertiary/aromatic N) is 16. The lowest BCUT2D eigenvalue weighted by Crippen LogP contribution is -2.37. The van der Waals surface area contributed by atoms with E-state index in [1.54, 1.807) is 201 Å². The average molecular weight is 2070 g/mol. The number of carbonyl (C=O) groups is 5. The summed E-state index contributed by atoms with van der Waals surface area (Å²) >= 11 is 12.5. The number of pyridine rings is 4. The number of sulfone groups is 2. The van der Waals surface area contributed by atoms with Crippen molar-refractivity contribution in [2.24, 2.45) is 14.1 Å². The Bertz CT molecular complexity index is 8790. The van der Waals surface area contributed by atoms with Crippen molar-refractivity contribution in [2.75, 3.05) is 62.7 Å². The van der Waals surface area contributed by atoms with Crippen LogP contribution in [0.2, 0.25) is 10.0 Å². The third-order valence-electron chi connectivity index (χ3n) is 25.2. The Morgan fingerprint density at radius 2 is 0.838 bits per heavy atom. The van der Waals surface area contributed by atoms with E-state index in [2.05, 4.69) is 66.3 Å². The molecule has 38 heteroatoms. The lowest BCUT2D eigenvalue weighted by Gasteiger charge is -2.30. The highest BCUT2D eigenvalue weighted by molar-refractivity contribution is 7.90. The fourth-order valence-electron chi connectivity index (χ4n) is 18.2. The van der Waals surface area contributed by atoms with Crippen molar-refractivity contribution < 1.29 is 45.5 Å². The first-order chi connectivity index (χ1) is 70.7. The molecule has 8 aromatic carbocycles. The lowest BCUT2D eigenvalue weighted by molar-refractivity contribution is -0.116. The smallest absolute Gasteiger partial charge is 0.272 e. The molecule has 0 saturated carbocycles. The van der Waals surface area contributed by atoms with Crippen molar-refractivity contribution in [2.45, 2.75) is 97.5 Å². The number of carbonyl (C=O) groups excluding carboxylic acids is 5. The number of anilines is 2. The Kier molecular flexibility index (Phi) is 31.2. The molecular weight excluding hydrogens is 1960 g/mol. The van der Waals surface area contributed by atoms with Crippen LogP contribution < -0.4 is 53.3 Å². The number of benzene rings is 8. The van der Waals surface area contributed by atoms with Crippen molar-refractivity contribution in [1.29, 1.82) is 0 Å². The SMILES string of the molecule is CC(=O)Cc1ncc(-c2cccc(CS(C)(=O)=O)c2)nc1C(=O)N[C@@H](C)c1cc2cccc(Cl)c2c(=O)n1C.Cc1ncc(-c2cccc(CS(C)(=O)=O)c2)nc1C(=O)N[C@@H](C)c1cc2cccc(Cl)c2c(=O)n1C.Cc1nn2cccnc2c1C(=O)N[C@@H](C)c1cc2cccc(N(C)C)c2c(=O)n1-c1ccccc1.Cc1nn2cccnc2c1C(=O)N[C@@H](C)c1cc2cccc(N3CCOCC3)c2c(=O)n1-c1ccccc1. The maximum Gasteiger partial charge on any atom is 0.272 e. The Morgan fingerprint density at radius 1 is 0.439 bits per heavy atom. The lowest BCUT2D eigenvalue weighted by atomic mass is 10.0. The molecule has 756 valence electrons. The van der Waals surface area contributed by atoms with Gasteiger partial charge >= 0.3 is 0 Å². The molecule has 1 aliphatic heterocycles. The predicted octanol–water partition coefficient (Wildman–Crippen LogP) is 15.4. The molecule has 11 heterocycles. The monoisotopic (exact) mass is 2060 g/mol. The number of ketones is 1. The van der Waals surface area contributed by atoms with Gasteiger partial charge in [-0.1, -0.05) is 145 Å². The van der Waals surface area contributed by atoms with Crippen LogP contribution in [-0.2, 0) is 61.2 Å². The van der Waals surface area contributed by atoms with Crippen LogP contribution in [0.4, 0.5) is 11.4 Å². The predicted molar refractivity (Wildman–Crippen MR) is 575 cm³/mol. The minimum absolute atomic E-state index is 0.0306. The van der Waals surface area contributed by atoms with Crippen molar-refractivity contribution in [3.05, 3.63) is 386 Å². The van der Waals surface area contributed by atoms with Crippen LogP contribution >= 0.6 is 23.2 Å². The first-order valence-corrected chi connectivity index (χ1v) is 52.2. The molecular formula is C110H106Cl2N20O14S2. The summed E-state index contributed by atoms with van der Waals surface area (Å²) in [5.41, 5.74) is 11.9. The molecule has 34 nitrogen and oxygen atoms in total. The van der Waals surface area contributed by atoms with Crippen LogP contribution in [0.25, 0.3) is 88.3 Å². The van der Waals surface area contributed by atoms with Gasteiger partial charge in [0.05, 0.1) is 139 Å². The van der Waals surface area contributed by atoms with E-state index in [0.717, 1.165) is 52.9 Å². The number of hydrogen-bond donors (Lipinski definition) is 4. The summed E-state index contributed by atoms with van der Waals surface area (Å²) in [5.74, 6) is -2.03. The second kappa shape index (κ2) is 44.3. The van der Waals surface area contributed by atoms with E-state index in [0.29, 0.717) is 151 Å². The maximum absolute atomic E-state index is 14.2. The number of aromatic nitrogens is 14. The summed E-state index contributed by atoms with van der Waals surface area (Å²) in [6.45, 7) is 16.6. The number of Topliss-reactive ketones (excluding diaryl/α,β-unsaturated/α-hetero) is 1. The number of para-hydroxylation sites is 2. The van der Waals surface area contributed by atoms with E-state index in [9.17, 15) is 60.0 Å². The zero-order chi connectivity index (χ0) is 106. The fourth-order valence-corrected chi connectivity index (χ4v) is 20.3. The number of halogens is 2. The molecule has 0 bridgehead atoms. The molecule has 10 aromatic heterocycles. The Balaban J connectivity index is 0.000000141. The van der Waals surface area contributed by atoms with Crippen molar-refractivity contribution >= 4 is 138 Å². The van der Waals surface area contributed by atoms with E-state index < -0.39 is 55.7 Å². The van der Waals surface area contributed by atoms with Crippen LogP contribution in [0, 0.1) is 20.8 Å². The van der Waals surface area contributed by atoms with Gasteiger partial charge < -0.3 is 44.9 Å². The minimum atomic E-state index is -3.25. The summed E-state index contributed by atoms with van der Waals surface area (Å²) in [4.78, 5) is 150. The first-order valence-electron chi connectivity index (χ1n) is 47.3. The highest BCUT2D eigenvalue weighted by atomic mass is 35.5. The second-order valence-electron chi connectivity index (χ2n) is 36.5. The standard InChI is InChI=1S/C29H28N6O3.C28H27ClN4O5S.C27H26N6O2.C26H25ClN4O4S/c1-19(31-28(36)25-20(2)32-34-13-7-12-30-27(25)34)24-18-21-8-6-11-23(33-14-16-38-17-15-33)26(21)29(37)35(24)22-9-4-3-5-10-22;1-16(34)11-22-26(32-23(14-30-22)19-8-5-7-18(12-19)15-39(4,37)38)27(35)31-17(2)24-13-20-9-6-10-21(29)25(20)28(36)33(24)3;1-17(29-26(34)23-18(2)30-32-15-9-14-28-25(23)32)22-16-19-10-8-13-21(31(3)4)24(19)27(35)33(22)20-11-6-5-7-12-20;1-15(22-12-19-9-6-10-20(27)23(19)26(33)31(22)3)29-25(32)24-16(2)28-13-21(30-24)18-8-5-7-17(11-18)14-36(4,34)35/h3-13,18-19H,14-17H2,1-2H3,(H,31,36);5-10,12-14,17H,11,15H2,1-4H3,(H,31,35);5-17H,1-4H3,(H,29,34);5-13,15H,14H2,1-4H3,(H,29,32)/t19-;2*17-;15-/m0000/s1. The number of rotatable bonds is 24. The topological polar surface area (TPSA) is 417 Å². The Hall–Kier alpha value is -16.4. The molecule has 4 atom stereocenters. The molecule has 0 spiro atoms. The van der Waals surface area contributed by atoms with Crippen LogP contribution in [0.3, 0.4) is 0 Å². The molecule has 19 rings (SSSR count). The van der Waals surface area contributed by atoms with E-state index in [1.165, 1.54) is 28.5 Å². The maximum atomic E-state index is 14.2. The number of fused-ring (bicyclic) bond motifs is 6. The van der Waals surface area contributed by atoms with E-state index in [1.807, 2.05) is 148 Å². The molecule has 4 N–H and O–H groups in total. The van der Waals surface area contributed by atoms with Gasteiger partial charge in [-0.25, -0.2) is 45.8 Å². The third-order valence-corrected chi connectivity index (χ3v) is 27.5. The van der Waals surface area contributed by atoms with Gasteiger partial charge in [0.15, 0.2) is 36.7 Å². The van der Waals surface area contributed by atoms with Crippen LogP contribution in [0.1, 0.15) is 157 Å². The summed E-state index contributed by atoms with van der Waals surface area (Å²) in [6, 6.07) is 64.0. The number of ether oxygens (including phenoxy) is 1. The molecule has 0 aliphatic carbocycles. The fraction of sp³-hybridized carbons (Fsp3) is 0.227. The molecule has 0 unspecified atom stereocenters. The zero-order valence-corrected chi connectivity index (χ0v) is 86.6. The quantitative estimate of drug-likeness (QED) is 0.0436. The van der Waals surface area contributed by atoms with Gasteiger partial charge in [-0.15, -0.1) is 0 Å². The molecule has 1 saturated heterocycles. The number of hydrogen-bond acceptors (Lipinski definition) is 24. The van der Waals surface area contributed by atoms with Gasteiger partial charge in [0.25, 0.3) is 45.9 Å². The molecule has 1 fully saturated rings. The molecule has 1 aliphatic rings. The van der Waals surface area contributed by atoms with Gasteiger partial charge in [0.1, 0.15) is 22.6 Å². The van der Waals surface area contributed by atoms with Crippen LogP contribution in [0.5, 0.6) is 0 Å². The number of morpholine rings is 1. The summed E-state index contributed by atoms with van der Waals surface area (Å²) in [7, 11) is 0.636. The molecule has 4 amide bonds. The van der Waals surface area contributed by atoms with Crippen molar-refractivity contribution in [3.63, 3.8) is 0 Å². The van der Waals surface area contributed by atoms with Gasteiger partial charge in [0.2, 0.25) is 0 Å². The van der Waals surface area contributed by atoms with E-state index in [-0.39, 0.29) is 74.8 Å².